The minimum atomic E-state index is -0.338. The van der Waals surface area contributed by atoms with Crippen LogP contribution >= 0.6 is 0 Å². The molecular formula is C27H37NO2. The third-order valence-corrected chi connectivity index (χ3v) is 6.64. The molecule has 3 heteroatoms. The number of rotatable bonds is 6. The molecular weight excluding hydrogens is 370 g/mol. The minimum absolute atomic E-state index is 0.272. The lowest BCUT2D eigenvalue weighted by Gasteiger charge is -2.38. The van der Waals surface area contributed by atoms with E-state index < -0.39 is 0 Å². The Kier molecular flexibility index (Phi) is 7.58. The van der Waals surface area contributed by atoms with E-state index in [1.807, 2.05) is 25.2 Å². The number of allylic oxidation sites excluding steroid dienone is 9. The van der Waals surface area contributed by atoms with Gasteiger partial charge < -0.3 is 4.52 Å². The Morgan fingerprint density at radius 1 is 1.10 bits per heavy atom. The van der Waals surface area contributed by atoms with E-state index in [0.29, 0.717) is 5.56 Å². The predicted molar refractivity (Wildman–Crippen MR) is 126 cm³/mol. The van der Waals surface area contributed by atoms with Crippen molar-refractivity contribution in [3.63, 3.8) is 0 Å². The van der Waals surface area contributed by atoms with E-state index in [0.717, 1.165) is 11.5 Å². The zero-order valence-electron chi connectivity index (χ0n) is 19.1. The van der Waals surface area contributed by atoms with E-state index in [4.69, 9.17) is 4.52 Å². The third kappa shape index (κ3) is 5.87. The van der Waals surface area contributed by atoms with Crippen molar-refractivity contribution in [1.82, 2.24) is 5.16 Å². The highest BCUT2D eigenvalue weighted by molar-refractivity contribution is 5.53. The van der Waals surface area contributed by atoms with Gasteiger partial charge in [-0.05, 0) is 68.9 Å². The Bertz CT molecular complexity index is 924. The Morgan fingerprint density at radius 2 is 1.87 bits per heavy atom. The molecule has 1 N–H and O–H groups in total. The second-order valence-corrected chi connectivity index (χ2v) is 9.61. The second-order valence-electron chi connectivity index (χ2n) is 9.61. The summed E-state index contributed by atoms with van der Waals surface area (Å²) in [6.45, 7) is 8.96. The molecule has 1 heterocycles. The Morgan fingerprint density at radius 3 is 2.57 bits per heavy atom. The first-order chi connectivity index (χ1) is 14.4. The minimum Gasteiger partial charge on any atom is -0.338 e. The number of nitrogens with one attached hydrogen (secondary N) is 1. The van der Waals surface area contributed by atoms with E-state index in [1.54, 1.807) is 17.3 Å². The van der Waals surface area contributed by atoms with E-state index in [9.17, 15) is 4.79 Å². The fourth-order valence-corrected chi connectivity index (χ4v) is 4.91. The number of hydrogen-bond donors (Lipinski definition) is 1. The normalized spacial score (nSPS) is 21.9. The van der Waals surface area contributed by atoms with Crippen molar-refractivity contribution in [3.05, 3.63) is 74.9 Å². The number of hydrogen-bond acceptors (Lipinski definition) is 2. The predicted octanol–water partition coefficient (Wildman–Crippen LogP) is 7.52. The molecule has 0 unspecified atom stereocenters. The van der Waals surface area contributed by atoms with E-state index in [-0.39, 0.29) is 11.0 Å². The third-order valence-electron chi connectivity index (χ3n) is 6.64. The largest absolute Gasteiger partial charge is 0.364 e. The van der Waals surface area contributed by atoms with Gasteiger partial charge in [-0.3, -0.25) is 0 Å². The molecule has 3 nitrogen and oxygen atoms in total. The summed E-state index contributed by atoms with van der Waals surface area (Å²) < 4.78 is 4.69. The topological polar surface area (TPSA) is 46.0 Å². The fraction of sp³-hybridized carbons (Fsp3) is 0.519. The molecule has 0 radical (unpaired) electrons. The summed E-state index contributed by atoms with van der Waals surface area (Å²) in [5, 5.41) is 2.48. The van der Waals surface area contributed by atoms with Gasteiger partial charge in [-0.25, -0.2) is 9.95 Å². The molecule has 0 atom stereocenters. The molecule has 162 valence electrons. The average Bonchev–Trinajstić information content (AvgIpc) is 3.11. The smallest absolute Gasteiger partial charge is 0.338 e. The van der Waals surface area contributed by atoms with Crippen LogP contribution in [0.25, 0.3) is 6.08 Å². The lowest BCUT2D eigenvalue weighted by atomic mass is 9.67. The fourth-order valence-electron chi connectivity index (χ4n) is 4.91. The molecule has 1 aromatic heterocycles. The summed E-state index contributed by atoms with van der Waals surface area (Å²) in [5.41, 5.74) is 6.05. The van der Waals surface area contributed by atoms with Crippen LogP contribution in [0.1, 0.15) is 84.6 Å². The van der Waals surface area contributed by atoms with Gasteiger partial charge in [-0.2, -0.15) is 0 Å². The zero-order valence-corrected chi connectivity index (χ0v) is 19.1. The van der Waals surface area contributed by atoms with Gasteiger partial charge in [0, 0.05) is 0 Å². The first kappa shape index (κ1) is 22.4. The summed E-state index contributed by atoms with van der Waals surface area (Å²) >= 11 is 0. The summed E-state index contributed by atoms with van der Waals surface area (Å²) in [4.78, 5) is 11.5. The number of H-pyrrole nitrogens is 1. The van der Waals surface area contributed by atoms with Crippen LogP contribution in [0.15, 0.2) is 68.2 Å². The Labute approximate surface area is 181 Å². The van der Waals surface area contributed by atoms with Gasteiger partial charge in [0.2, 0.25) is 0 Å². The molecule has 2 aliphatic carbocycles. The summed E-state index contributed by atoms with van der Waals surface area (Å²) in [6, 6.07) is 0. The molecule has 0 bridgehead atoms. The van der Waals surface area contributed by atoms with Gasteiger partial charge in [0.1, 0.15) is 0 Å². The van der Waals surface area contributed by atoms with Crippen molar-refractivity contribution in [1.29, 1.82) is 0 Å². The molecule has 0 spiro atoms. The average molecular weight is 408 g/mol. The van der Waals surface area contributed by atoms with Crippen LogP contribution in [0.2, 0.25) is 0 Å². The molecule has 0 aliphatic heterocycles. The number of aromatic amines is 1. The van der Waals surface area contributed by atoms with Crippen LogP contribution in [0.3, 0.4) is 0 Å². The van der Waals surface area contributed by atoms with E-state index in [2.05, 4.69) is 44.2 Å². The zero-order chi connectivity index (χ0) is 21.6. The second kappa shape index (κ2) is 10.1. The van der Waals surface area contributed by atoms with Gasteiger partial charge in [-0.15, -0.1) is 0 Å². The molecule has 0 aromatic carbocycles. The summed E-state index contributed by atoms with van der Waals surface area (Å²) in [6.07, 6.45) is 25.1. The van der Waals surface area contributed by atoms with Gasteiger partial charge in [0.05, 0.1) is 11.8 Å². The van der Waals surface area contributed by atoms with Crippen molar-refractivity contribution >= 4 is 6.08 Å². The molecule has 3 rings (SSSR count). The molecule has 0 amide bonds. The van der Waals surface area contributed by atoms with Crippen molar-refractivity contribution < 1.29 is 4.52 Å². The van der Waals surface area contributed by atoms with Crippen LogP contribution in [-0.4, -0.2) is 5.16 Å². The number of aromatic nitrogens is 1. The maximum absolute atomic E-state index is 11.5. The molecule has 0 saturated heterocycles. The van der Waals surface area contributed by atoms with Crippen LogP contribution in [0, 0.1) is 11.3 Å². The van der Waals surface area contributed by atoms with Gasteiger partial charge >= 0.3 is 5.63 Å². The van der Waals surface area contributed by atoms with Gasteiger partial charge in [-0.1, -0.05) is 80.2 Å². The van der Waals surface area contributed by atoms with Crippen LogP contribution in [-0.2, 0) is 0 Å². The molecule has 1 fully saturated rings. The maximum Gasteiger partial charge on any atom is 0.364 e. The molecule has 1 aromatic rings. The first-order valence-corrected chi connectivity index (χ1v) is 11.5. The maximum atomic E-state index is 11.5. The highest BCUT2D eigenvalue weighted by Gasteiger charge is 2.31. The highest BCUT2D eigenvalue weighted by atomic mass is 16.5. The summed E-state index contributed by atoms with van der Waals surface area (Å²) in [5.74, 6) is 0.806. The molecule has 1 saturated carbocycles. The SMILES string of the molecule is CC(/C=C/C1=C(C2CCCCC2)CCCC1(C)C)=C\C=C\C(C)=C\c1c[nH]oc1=O. The standard InChI is InChI=1S/C27H37NO2/c1-20(10-8-11-21(2)18-23-19-28-30-26(23)29)15-16-25-24(14-9-17-27(25,3)4)22-12-6-5-7-13-22/h8,10-11,15-16,18-19,22,28H,5-7,9,12-14,17H2,1-4H3/b11-8+,16-15+,20-10+,21-18+. The van der Waals surface area contributed by atoms with Crippen molar-refractivity contribution in [2.45, 2.75) is 79.1 Å². The molecule has 30 heavy (non-hydrogen) atoms. The van der Waals surface area contributed by atoms with Crippen LogP contribution < -0.4 is 5.63 Å². The quantitative estimate of drug-likeness (QED) is 0.496. The lowest BCUT2D eigenvalue weighted by molar-refractivity contribution is 0.330. The van der Waals surface area contributed by atoms with E-state index in [1.165, 1.54) is 56.9 Å². The highest BCUT2D eigenvalue weighted by Crippen LogP contribution is 2.46. The van der Waals surface area contributed by atoms with Crippen LogP contribution in [0.4, 0.5) is 0 Å². The Balaban J connectivity index is 1.74. The molecule has 2 aliphatic rings. The van der Waals surface area contributed by atoms with Crippen LogP contribution in [0.5, 0.6) is 0 Å². The van der Waals surface area contributed by atoms with Crippen molar-refractivity contribution in [3.8, 4) is 0 Å². The lowest BCUT2D eigenvalue weighted by Crippen LogP contribution is -2.24. The van der Waals surface area contributed by atoms with Crippen molar-refractivity contribution in [2.24, 2.45) is 11.3 Å². The monoisotopic (exact) mass is 407 g/mol. The van der Waals surface area contributed by atoms with Gasteiger partial charge in [0.25, 0.3) is 0 Å². The van der Waals surface area contributed by atoms with Gasteiger partial charge in [0.15, 0.2) is 0 Å². The first-order valence-electron chi connectivity index (χ1n) is 11.5. The summed E-state index contributed by atoms with van der Waals surface area (Å²) in [7, 11) is 0. The van der Waals surface area contributed by atoms with Crippen molar-refractivity contribution in [2.75, 3.05) is 0 Å². The van der Waals surface area contributed by atoms with E-state index >= 15 is 0 Å². The Hall–Kier alpha value is -2.29.